The van der Waals surface area contributed by atoms with Crippen molar-refractivity contribution < 1.29 is 0 Å². The quantitative estimate of drug-likeness (QED) is 0.377. The average Bonchev–Trinajstić information content (AvgIpc) is 2.73. The lowest BCUT2D eigenvalue weighted by Gasteiger charge is -2.38. The van der Waals surface area contributed by atoms with Gasteiger partial charge >= 0.3 is 5.82 Å². The first kappa shape index (κ1) is 16.0. The molecule has 6 rings (SSSR count). The van der Waals surface area contributed by atoms with Crippen molar-refractivity contribution in [3.05, 3.63) is 99.3 Å². The standard InChI is InChI=1S/C20H10N4.C2H6/c1-22-20-15(10-21)23-18-16-11-6-2-4-8-13(11)17(19(18)24-20)14-9-5-3-7-12(14)16;1-2/h2-9,16-17H;1-2H3. The molecule has 0 amide bonds. The molecule has 4 nitrogen and oxygen atoms in total. The van der Waals surface area contributed by atoms with Crippen LogP contribution in [0.2, 0.25) is 0 Å². The monoisotopic (exact) mass is 336 g/mol. The van der Waals surface area contributed by atoms with Crippen LogP contribution in [0.3, 0.4) is 0 Å². The van der Waals surface area contributed by atoms with Crippen molar-refractivity contribution in [2.45, 2.75) is 25.7 Å². The van der Waals surface area contributed by atoms with E-state index in [9.17, 15) is 5.26 Å². The topological polar surface area (TPSA) is 53.9 Å². The molecule has 0 saturated carbocycles. The van der Waals surface area contributed by atoms with Gasteiger partial charge in [-0.2, -0.15) is 5.26 Å². The fraction of sp³-hybridized carbons (Fsp3) is 0.182. The smallest absolute Gasteiger partial charge is 0.306 e. The summed E-state index contributed by atoms with van der Waals surface area (Å²) in [5.74, 6) is 0.0636. The molecule has 2 aromatic carbocycles. The van der Waals surface area contributed by atoms with Crippen LogP contribution in [0.1, 0.15) is 65.0 Å². The second-order valence-electron chi connectivity index (χ2n) is 6.01. The first-order chi connectivity index (χ1) is 12.8. The summed E-state index contributed by atoms with van der Waals surface area (Å²) >= 11 is 0. The summed E-state index contributed by atoms with van der Waals surface area (Å²) in [5, 5.41) is 9.32. The highest BCUT2D eigenvalue weighted by atomic mass is 15.0. The van der Waals surface area contributed by atoms with Crippen molar-refractivity contribution in [2.24, 2.45) is 0 Å². The molecule has 1 aromatic heterocycles. The minimum Gasteiger partial charge on any atom is -0.358 e. The van der Waals surface area contributed by atoms with Crippen molar-refractivity contribution in [2.75, 3.05) is 0 Å². The van der Waals surface area contributed by atoms with Crippen molar-refractivity contribution in [1.82, 2.24) is 9.97 Å². The number of aromatic nitrogens is 2. The van der Waals surface area contributed by atoms with E-state index in [4.69, 9.17) is 6.57 Å². The number of benzene rings is 2. The normalized spacial score (nSPS) is 17.5. The number of nitrogens with zero attached hydrogens (tertiary/aromatic N) is 4. The van der Waals surface area contributed by atoms with Gasteiger partial charge in [0.1, 0.15) is 6.07 Å². The van der Waals surface area contributed by atoms with Crippen LogP contribution in [0, 0.1) is 17.9 Å². The highest BCUT2D eigenvalue weighted by molar-refractivity contribution is 5.66. The zero-order chi connectivity index (χ0) is 18.3. The molecule has 0 saturated heterocycles. The molecule has 2 bridgehead atoms. The van der Waals surface area contributed by atoms with E-state index < -0.39 is 0 Å². The van der Waals surface area contributed by atoms with Crippen molar-refractivity contribution in [3.8, 4) is 6.07 Å². The first-order valence-electron chi connectivity index (χ1n) is 8.70. The maximum absolute atomic E-state index is 9.32. The van der Waals surface area contributed by atoms with E-state index >= 15 is 0 Å². The summed E-state index contributed by atoms with van der Waals surface area (Å²) < 4.78 is 0. The molecular formula is C22H16N4. The van der Waals surface area contributed by atoms with Gasteiger partial charge in [-0.1, -0.05) is 69.0 Å². The molecule has 0 spiro atoms. The van der Waals surface area contributed by atoms with Gasteiger partial charge in [0.25, 0.3) is 0 Å². The van der Waals surface area contributed by atoms with Crippen molar-refractivity contribution in [3.63, 3.8) is 0 Å². The summed E-state index contributed by atoms with van der Waals surface area (Å²) in [7, 11) is 0. The Morgan fingerprint density at radius 1 is 0.846 bits per heavy atom. The Labute approximate surface area is 152 Å². The van der Waals surface area contributed by atoms with Crippen LogP contribution in [0.5, 0.6) is 0 Å². The predicted octanol–water partition coefficient (Wildman–Crippen LogP) is 4.91. The largest absolute Gasteiger partial charge is 0.358 e. The molecule has 1 heterocycles. The Balaban J connectivity index is 0.000000814. The third kappa shape index (κ3) is 2.00. The maximum Gasteiger partial charge on any atom is 0.306 e. The molecule has 124 valence electrons. The van der Waals surface area contributed by atoms with Gasteiger partial charge in [0.05, 0.1) is 17.5 Å². The lowest BCUT2D eigenvalue weighted by Crippen LogP contribution is -2.29. The van der Waals surface area contributed by atoms with E-state index in [1.54, 1.807) is 0 Å². The fourth-order valence-electron chi connectivity index (χ4n) is 4.03. The Kier molecular flexibility index (Phi) is 3.75. The first-order valence-corrected chi connectivity index (χ1v) is 8.70. The van der Waals surface area contributed by atoms with Crippen LogP contribution >= 0.6 is 0 Å². The van der Waals surface area contributed by atoms with Crippen LogP contribution < -0.4 is 0 Å². The Morgan fingerprint density at radius 3 is 1.65 bits per heavy atom. The molecule has 0 aliphatic heterocycles. The van der Waals surface area contributed by atoms with Crippen molar-refractivity contribution >= 4 is 5.82 Å². The van der Waals surface area contributed by atoms with Gasteiger partial charge in [-0.05, 0) is 22.3 Å². The molecule has 4 heteroatoms. The van der Waals surface area contributed by atoms with Crippen LogP contribution in [-0.2, 0) is 0 Å². The number of nitriles is 1. The molecular weight excluding hydrogens is 320 g/mol. The Hall–Kier alpha value is -3.50. The van der Waals surface area contributed by atoms with Gasteiger partial charge in [-0.15, -0.1) is 4.98 Å². The molecule has 26 heavy (non-hydrogen) atoms. The minimum atomic E-state index is -0.0169. The summed E-state index contributed by atoms with van der Waals surface area (Å²) in [4.78, 5) is 12.5. The molecule has 0 N–H and O–H groups in total. The third-order valence-electron chi connectivity index (χ3n) is 4.93. The maximum atomic E-state index is 9.32. The van der Waals surface area contributed by atoms with E-state index in [-0.39, 0.29) is 23.3 Å². The Morgan fingerprint density at radius 2 is 1.27 bits per heavy atom. The average molecular weight is 336 g/mol. The summed E-state index contributed by atoms with van der Waals surface area (Å²) in [6.07, 6.45) is 0. The summed E-state index contributed by atoms with van der Waals surface area (Å²) in [5.41, 5.74) is 6.66. The number of hydrogen-bond acceptors (Lipinski definition) is 3. The second-order valence-corrected chi connectivity index (χ2v) is 6.01. The van der Waals surface area contributed by atoms with E-state index in [2.05, 4.69) is 39.1 Å². The van der Waals surface area contributed by atoms with Gasteiger partial charge in [-0.25, -0.2) is 4.98 Å². The zero-order valence-corrected chi connectivity index (χ0v) is 14.6. The number of hydrogen-bond donors (Lipinski definition) is 0. The van der Waals surface area contributed by atoms with E-state index in [0.29, 0.717) is 0 Å². The second kappa shape index (κ2) is 6.10. The third-order valence-corrected chi connectivity index (χ3v) is 4.93. The van der Waals surface area contributed by atoms with Gasteiger partial charge < -0.3 is 4.85 Å². The van der Waals surface area contributed by atoms with Crippen LogP contribution in [-0.4, -0.2) is 9.97 Å². The molecule has 3 aliphatic carbocycles. The summed E-state index contributed by atoms with van der Waals surface area (Å²) in [6, 6.07) is 18.7. The van der Waals surface area contributed by atoms with Gasteiger partial charge in [0, 0.05) is 0 Å². The lowest BCUT2D eigenvalue weighted by molar-refractivity contribution is 0.701. The number of rotatable bonds is 0. The predicted molar refractivity (Wildman–Crippen MR) is 99.1 cm³/mol. The van der Waals surface area contributed by atoms with Crippen LogP contribution in [0.25, 0.3) is 4.85 Å². The van der Waals surface area contributed by atoms with Crippen molar-refractivity contribution in [1.29, 1.82) is 5.26 Å². The molecule has 3 aliphatic rings. The highest BCUT2D eigenvalue weighted by Gasteiger charge is 2.45. The summed E-state index contributed by atoms with van der Waals surface area (Å²) in [6.45, 7) is 11.3. The van der Waals surface area contributed by atoms with Gasteiger partial charge in [0.15, 0.2) is 11.4 Å². The fourth-order valence-corrected chi connectivity index (χ4v) is 4.03. The highest BCUT2D eigenvalue weighted by Crippen LogP contribution is 2.54. The molecule has 3 aromatic rings. The van der Waals surface area contributed by atoms with E-state index in [0.717, 1.165) is 11.4 Å². The van der Waals surface area contributed by atoms with Gasteiger partial charge in [-0.3, -0.25) is 0 Å². The molecule has 0 fully saturated rings. The molecule has 0 atom stereocenters. The lowest BCUT2D eigenvalue weighted by atomic mass is 9.64. The van der Waals surface area contributed by atoms with E-state index in [1.165, 1.54) is 22.3 Å². The van der Waals surface area contributed by atoms with E-state index in [1.807, 2.05) is 44.2 Å². The Bertz CT molecular complexity index is 967. The van der Waals surface area contributed by atoms with Crippen LogP contribution in [0.4, 0.5) is 5.82 Å². The molecule has 0 unspecified atom stereocenters. The minimum absolute atomic E-state index is 0.0156. The van der Waals surface area contributed by atoms with Crippen LogP contribution in [0.15, 0.2) is 48.5 Å². The zero-order valence-electron chi connectivity index (χ0n) is 14.6. The SMILES string of the molecule is CC.[C-]#[N+]c1nc2c(nc1C#N)C1c3ccccc3C2c2ccccc21. The van der Waals surface area contributed by atoms with Gasteiger partial charge in [0.2, 0.25) is 0 Å². The molecule has 0 radical (unpaired) electrons.